The van der Waals surface area contributed by atoms with Gasteiger partial charge in [0.05, 0.1) is 14.2 Å². The Morgan fingerprint density at radius 1 is 0.931 bits per heavy atom. The average molecular weight is 389 g/mol. The fourth-order valence-electron chi connectivity index (χ4n) is 3.76. The van der Waals surface area contributed by atoms with Crippen molar-refractivity contribution in [3.05, 3.63) is 77.9 Å². The van der Waals surface area contributed by atoms with Gasteiger partial charge in [-0.2, -0.15) is 0 Å². The van der Waals surface area contributed by atoms with Crippen LogP contribution < -0.4 is 19.5 Å². The van der Waals surface area contributed by atoms with Gasteiger partial charge in [-0.25, -0.2) is 0 Å². The van der Waals surface area contributed by atoms with E-state index in [-0.39, 0.29) is 6.10 Å². The summed E-state index contributed by atoms with van der Waals surface area (Å²) in [5.74, 6) is 2.59. The third-order valence-corrected chi connectivity index (χ3v) is 5.35. The highest BCUT2D eigenvalue weighted by molar-refractivity contribution is 5.64. The number of para-hydroxylation sites is 1. The highest BCUT2D eigenvalue weighted by Gasteiger charge is 2.22. The van der Waals surface area contributed by atoms with Crippen molar-refractivity contribution in [1.82, 2.24) is 5.32 Å². The van der Waals surface area contributed by atoms with E-state index in [2.05, 4.69) is 47.8 Å². The summed E-state index contributed by atoms with van der Waals surface area (Å²) in [7, 11) is 3.38. The van der Waals surface area contributed by atoms with Crippen molar-refractivity contribution in [3.8, 4) is 28.4 Å². The van der Waals surface area contributed by atoms with Crippen LogP contribution in [0.4, 0.5) is 0 Å². The van der Waals surface area contributed by atoms with E-state index < -0.39 is 0 Å². The lowest BCUT2D eigenvalue weighted by Gasteiger charge is -2.27. The molecule has 150 valence electrons. The Kier molecular flexibility index (Phi) is 6.01. The summed E-state index contributed by atoms with van der Waals surface area (Å²) < 4.78 is 16.9. The third-order valence-electron chi connectivity index (χ3n) is 5.35. The molecule has 1 aliphatic heterocycles. The minimum Gasteiger partial charge on any atom is -0.497 e. The summed E-state index contributed by atoms with van der Waals surface area (Å²) in [5, 5.41) is 3.55. The zero-order valence-electron chi connectivity index (χ0n) is 17.0. The first-order valence-corrected chi connectivity index (χ1v) is 10.0. The van der Waals surface area contributed by atoms with Gasteiger partial charge in [0.25, 0.3) is 0 Å². The first-order valence-electron chi connectivity index (χ1n) is 10.0. The fraction of sp³-hybridized carbons (Fsp3) is 0.280. The molecule has 3 aromatic rings. The average Bonchev–Trinajstić information content (AvgIpc) is 2.79. The number of nitrogens with one attached hydrogen (secondary N) is 1. The van der Waals surface area contributed by atoms with E-state index in [1.54, 1.807) is 14.2 Å². The maximum atomic E-state index is 6.21. The number of methoxy groups -OCH3 is 2. The van der Waals surface area contributed by atoms with Crippen LogP contribution in [0.5, 0.6) is 17.2 Å². The van der Waals surface area contributed by atoms with E-state index in [0.717, 1.165) is 43.2 Å². The van der Waals surface area contributed by atoms with Crippen molar-refractivity contribution >= 4 is 0 Å². The molecule has 1 unspecified atom stereocenters. The predicted octanol–water partition coefficient (Wildman–Crippen LogP) is 4.85. The molecule has 4 heteroatoms. The molecule has 1 atom stereocenters. The van der Waals surface area contributed by atoms with Crippen molar-refractivity contribution in [2.45, 2.75) is 25.5 Å². The zero-order valence-corrected chi connectivity index (χ0v) is 17.0. The van der Waals surface area contributed by atoms with Crippen molar-refractivity contribution in [1.29, 1.82) is 0 Å². The largest absolute Gasteiger partial charge is 0.497 e. The maximum Gasteiger partial charge on any atom is 0.164 e. The first kappa shape index (κ1) is 19.3. The van der Waals surface area contributed by atoms with E-state index in [9.17, 15) is 0 Å². The SMILES string of the molecule is COc1ccc(-c2cccc(CNCC3CCc4cccc(OC)c4O3)c2)cc1. The van der Waals surface area contributed by atoms with Crippen LogP contribution in [0.3, 0.4) is 0 Å². The van der Waals surface area contributed by atoms with Crippen molar-refractivity contribution in [2.24, 2.45) is 0 Å². The van der Waals surface area contributed by atoms with Crippen LogP contribution in [-0.4, -0.2) is 26.9 Å². The molecule has 4 rings (SSSR count). The van der Waals surface area contributed by atoms with Gasteiger partial charge < -0.3 is 19.5 Å². The smallest absolute Gasteiger partial charge is 0.164 e. The first-order chi connectivity index (χ1) is 14.3. The molecular weight excluding hydrogens is 362 g/mol. The Balaban J connectivity index is 1.35. The number of benzene rings is 3. The van der Waals surface area contributed by atoms with Gasteiger partial charge in [0.15, 0.2) is 11.5 Å². The number of hydrogen-bond donors (Lipinski definition) is 1. The molecule has 0 aromatic heterocycles. The Morgan fingerprint density at radius 2 is 1.76 bits per heavy atom. The van der Waals surface area contributed by atoms with Gasteiger partial charge in [0.2, 0.25) is 0 Å². The number of fused-ring (bicyclic) bond motifs is 1. The van der Waals surface area contributed by atoms with E-state index in [1.165, 1.54) is 22.3 Å². The van der Waals surface area contributed by atoms with Crippen LogP contribution in [0.25, 0.3) is 11.1 Å². The lowest BCUT2D eigenvalue weighted by atomic mass is 10.0. The number of aryl methyl sites for hydroxylation is 1. The third kappa shape index (κ3) is 4.54. The van der Waals surface area contributed by atoms with Crippen LogP contribution in [0.2, 0.25) is 0 Å². The highest BCUT2D eigenvalue weighted by atomic mass is 16.5. The van der Waals surface area contributed by atoms with Gasteiger partial charge in [-0.3, -0.25) is 0 Å². The molecule has 0 saturated carbocycles. The monoisotopic (exact) mass is 389 g/mol. The predicted molar refractivity (Wildman–Crippen MR) is 116 cm³/mol. The molecule has 0 aliphatic carbocycles. The van der Waals surface area contributed by atoms with Crippen molar-refractivity contribution < 1.29 is 14.2 Å². The normalized spacial score (nSPS) is 15.3. The summed E-state index contributed by atoms with van der Waals surface area (Å²) in [4.78, 5) is 0. The van der Waals surface area contributed by atoms with Crippen molar-refractivity contribution in [3.63, 3.8) is 0 Å². The molecule has 3 aromatic carbocycles. The van der Waals surface area contributed by atoms with Gasteiger partial charge >= 0.3 is 0 Å². The molecule has 4 nitrogen and oxygen atoms in total. The second kappa shape index (κ2) is 9.01. The lowest BCUT2D eigenvalue weighted by Crippen LogP contribution is -2.34. The van der Waals surface area contributed by atoms with Gasteiger partial charge in [0.1, 0.15) is 11.9 Å². The van der Waals surface area contributed by atoms with Crippen LogP contribution in [0, 0.1) is 0 Å². The molecular formula is C25H27NO3. The van der Waals surface area contributed by atoms with Crippen LogP contribution in [0.15, 0.2) is 66.7 Å². The Hall–Kier alpha value is -2.98. The molecule has 0 spiro atoms. The minimum absolute atomic E-state index is 0.156. The lowest BCUT2D eigenvalue weighted by molar-refractivity contribution is 0.163. The maximum absolute atomic E-state index is 6.21. The summed E-state index contributed by atoms with van der Waals surface area (Å²) in [6.07, 6.45) is 2.19. The molecule has 0 radical (unpaired) electrons. The molecule has 0 amide bonds. The number of ether oxygens (including phenoxy) is 3. The number of rotatable bonds is 7. The highest BCUT2D eigenvalue weighted by Crippen LogP contribution is 2.36. The van der Waals surface area contributed by atoms with Gasteiger partial charge in [-0.15, -0.1) is 0 Å². The topological polar surface area (TPSA) is 39.7 Å². The van der Waals surface area contributed by atoms with E-state index in [4.69, 9.17) is 14.2 Å². The van der Waals surface area contributed by atoms with E-state index in [0.29, 0.717) is 0 Å². The summed E-state index contributed by atoms with van der Waals surface area (Å²) in [6, 6.07) is 22.9. The molecule has 29 heavy (non-hydrogen) atoms. The van der Waals surface area contributed by atoms with Gasteiger partial charge in [-0.05, 0) is 59.4 Å². The van der Waals surface area contributed by atoms with Gasteiger partial charge in [-0.1, -0.05) is 42.5 Å². The fourth-order valence-corrected chi connectivity index (χ4v) is 3.76. The second-order valence-corrected chi connectivity index (χ2v) is 7.29. The van der Waals surface area contributed by atoms with E-state index in [1.807, 2.05) is 24.3 Å². The van der Waals surface area contributed by atoms with Crippen molar-refractivity contribution in [2.75, 3.05) is 20.8 Å². The van der Waals surface area contributed by atoms with E-state index >= 15 is 0 Å². The molecule has 1 N–H and O–H groups in total. The van der Waals surface area contributed by atoms with Gasteiger partial charge in [0, 0.05) is 13.1 Å². The van der Waals surface area contributed by atoms with Crippen LogP contribution in [0.1, 0.15) is 17.5 Å². The van der Waals surface area contributed by atoms with Crippen LogP contribution in [-0.2, 0) is 13.0 Å². The standard InChI is InChI=1S/C25H27NO3/c1-27-22-12-9-19(10-13-22)21-7-3-5-18(15-21)16-26-17-23-14-11-20-6-4-8-24(28-2)25(20)29-23/h3-10,12-13,15,23,26H,11,14,16-17H2,1-2H3. The second-order valence-electron chi connectivity index (χ2n) is 7.29. The molecule has 0 saturated heterocycles. The summed E-state index contributed by atoms with van der Waals surface area (Å²) in [5.41, 5.74) is 4.88. The molecule has 1 aliphatic rings. The number of hydrogen-bond acceptors (Lipinski definition) is 4. The molecule has 0 bridgehead atoms. The zero-order chi connectivity index (χ0) is 20.1. The minimum atomic E-state index is 0.156. The van der Waals surface area contributed by atoms with Crippen LogP contribution >= 0.6 is 0 Å². The Morgan fingerprint density at radius 3 is 2.55 bits per heavy atom. The molecule has 1 heterocycles. The molecule has 0 fully saturated rings. The summed E-state index contributed by atoms with van der Waals surface area (Å²) in [6.45, 7) is 1.62. The Labute approximate surface area is 172 Å². The quantitative estimate of drug-likeness (QED) is 0.627. The summed E-state index contributed by atoms with van der Waals surface area (Å²) >= 11 is 0. The Bertz CT molecular complexity index is 938.